The van der Waals surface area contributed by atoms with Gasteiger partial charge in [0.05, 0.1) is 62.0 Å². The van der Waals surface area contributed by atoms with Crippen molar-refractivity contribution >= 4 is 52.5 Å². The van der Waals surface area contributed by atoms with Crippen molar-refractivity contribution in [2.75, 3.05) is 39.8 Å². The van der Waals surface area contributed by atoms with Crippen LogP contribution in [0.2, 0.25) is 0 Å². The van der Waals surface area contributed by atoms with Gasteiger partial charge in [-0.2, -0.15) is 0 Å². The van der Waals surface area contributed by atoms with E-state index < -0.39 is 0 Å². The maximum atomic E-state index is 13.8. The number of aliphatic imine (C=N–C) groups is 2. The summed E-state index contributed by atoms with van der Waals surface area (Å²) in [6.07, 6.45) is 10.7. The van der Waals surface area contributed by atoms with E-state index in [2.05, 4.69) is 62.5 Å². The third-order valence-electron chi connectivity index (χ3n) is 10.2. The zero-order valence-corrected chi connectivity index (χ0v) is 33.4. The van der Waals surface area contributed by atoms with E-state index >= 15 is 0 Å². The van der Waals surface area contributed by atoms with Crippen LogP contribution in [0.5, 0.6) is 23.0 Å². The van der Waals surface area contributed by atoms with Crippen molar-refractivity contribution in [2.24, 2.45) is 9.98 Å². The van der Waals surface area contributed by atoms with Crippen LogP contribution < -0.4 is 24.3 Å². The van der Waals surface area contributed by atoms with Gasteiger partial charge in [0.2, 0.25) is 0 Å². The molecule has 0 unspecified atom stereocenters. The first kappa shape index (κ1) is 38.9. The van der Waals surface area contributed by atoms with Gasteiger partial charge in [-0.25, -0.2) is 0 Å². The number of benzene rings is 4. The second-order valence-corrected chi connectivity index (χ2v) is 14.3. The van der Waals surface area contributed by atoms with Crippen molar-refractivity contribution in [3.8, 4) is 23.0 Å². The molecule has 0 saturated carbocycles. The van der Waals surface area contributed by atoms with E-state index in [0.29, 0.717) is 78.0 Å². The molecule has 2 amide bonds. The molecule has 294 valence electrons. The number of methoxy groups -OCH3 is 2. The fourth-order valence-electron chi connectivity index (χ4n) is 7.18. The zero-order valence-electron chi connectivity index (χ0n) is 33.4. The monoisotopic (exact) mass is 767 g/mol. The van der Waals surface area contributed by atoms with Crippen molar-refractivity contribution in [3.63, 3.8) is 0 Å². The van der Waals surface area contributed by atoms with Crippen LogP contribution in [-0.2, 0) is 0 Å². The Bertz CT molecular complexity index is 2260. The van der Waals surface area contributed by atoms with Crippen LogP contribution in [0.3, 0.4) is 0 Å². The zero-order chi connectivity index (χ0) is 40.1. The van der Waals surface area contributed by atoms with E-state index in [1.165, 1.54) is 12.0 Å². The van der Waals surface area contributed by atoms with E-state index in [0.717, 1.165) is 28.0 Å². The highest BCUT2D eigenvalue weighted by Crippen LogP contribution is 2.42. The Morgan fingerprint density at radius 3 is 1.53 bits per heavy atom. The molecule has 4 aliphatic rings. The minimum Gasteiger partial charge on any atom is -0.493 e. The first-order chi connectivity index (χ1) is 27.7. The Morgan fingerprint density at radius 2 is 1.11 bits per heavy atom. The number of fused-ring (bicyclic) bond motifs is 4. The highest BCUT2D eigenvalue weighted by atomic mass is 16.5. The van der Waals surface area contributed by atoms with Crippen molar-refractivity contribution < 1.29 is 28.5 Å². The molecule has 0 fully saturated rings. The van der Waals surface area contributed by atoms with E-state index in [4.69, 9.17) is 28.9 Å². The number of carbonyl (C=O) groups is 2. The van der Waals surface area contributed by atoms with Gasteiger partial charge in [-0.3, -0.25) is 19.6 Å². The van der Waals surface area contributed by atoms with Gasteiger partial charge in [0.25, 0.3) is 11.8 Å². The number of carbonyl (C=O) groups excluding carboxylic acids is 2. The van der Waals surface area contributed by atoms with E-state index in [-0.39, 0.29) is 23.9 Å². The van der Waals surface area contributed by atoms with Crippen molar-refractivity contribution in [2.45, 2.75) is 58.5 Å². The summed E-state index contributed by atoms with van der Waals surface area (Å²) in [4.78, 5) is 40.4. The predicted octanol–water partition coefficient (Wildman–Crippen LogP) is 9.26. The van der Waals surface area contributed by atoms with Crippen LogP contribution in [-0.4, -0.2) is 80.6 Å². The molecular weight excluding hydrogens is 719 g/mol. The van der Waals surface area contributed by atoms with Crippen LogP contribution in [0.15, 0.2) is 95.2 Å². The summed E-state index contributed by atoms with van der Waals surface area (Å²) in [5.41, 5.74) is 8.54. The van der Waals surface area contributed by atoms with Crippen molar-refractivity contribution in [1.29, 1.82) is 0 Å². The molecule has 4 aliphatic heterocycles. The largest absolute Gasteiger partial charge is 0.493 e. The minimum absolute atomic E-state index is 0.134. The molecule has 4 heterocycles. The average Bonchev–Trinajstić information content (AvgIpc) is 3.81. The molecule has 11 nitrogen and oxygen atoms in total. The van der Waals surface area contributed by atoms with E-state index in [9.17, 15) is 9.59 Å². The summed E-state index contributed by atoms with van der Waals surface area (Å²) in [7, 11) is 4.99. The average molecular weight is 768 g/mol. The van der Waals surface area contributed by atoms with Gasteiger partial charge in [0.1, 0.15) is 0 Å². The molecular formula is C46H49N5O6. The van der Waals surface area contributed by atoms with Gasteiger partial charge in [-0.05, 0) is 53.5 Å². The number of nitrogens with one attached hydrogen (secondary N) is 1. The molecule has 0 saturated heterocycles. The van der Waals surface area contributed by atoms with Crippen molar-refractivity contribution in [3.05, 3.63) is 113 Å². The molecule has 4 aromatic rings. The molecule has 57 heavy (non-hydrogen) atoms. The van der Waals surface area contributed by atoms with Crippen molar-refractivity contribution in [1.82, 2.24) is 9.80 Å². The molecule has 0 radical (unpaired) electrons. The minimum atomic E-state index is -0.184. The summed E-state index contributed by atoms with van der Waals surface area (Å²) in [5, 5.41) is 3.13. The lowest BCUT2D eigenvalue weighted by atomic mass is 10.0. The SMILES string of the molecule is CCC.CNc1ccc(C2=CN3C(=O)c4cc(OC)c(OCCCOc5cc6c(cc5OC)C(=O)N5C=C(c7ccc(C)cc7)C[C@H]5C=N6)cc4N=C[C@@H]3C2)cc1. The highest BCUT2D eigenvalue weighted by molar-refractivity contribution is 6.06. The third kappa shape index (κ3) is 8.14. The Labute approximate surface area is 334 Å². The second-order valence-electron chi connectivity index (χ2n) is 14.3. The Balaban J connectivity index is 0.00000160. The molecule has 2 atom stereocenters. The summed E-state index contributed by atoms with van der Waals surface area (Å²) in [5.74, 6) is 1.59. The van der Waals surface area contributed by atoms with Gasteiger partial charge in [0.15, 0.2) is 23.0 Å². The maximum absolute atomic E-state index is 13.8. The Hall–Kier alpha value is -6.36. The lowest BCUT2D eigenvalue weighted by Crippen LogP contribution is -2.32. The fraction of sp³-hybridized carbons (Fsp3) is 0.304. The maximum Gasteiger partial charge on any atom is 0.260 e. The fourth-order valence-corrected chi connectivity index (χ4v) is 7.18. The molecule has 8 rings (SSSR count). The van der Waals surface area contributed by atoms with Gasteiger partial charge >= 0.3 is 0 Å². The smallest absolute Gasteiger partial charge is 0.260 e. The van der Waals surface area contributed by atoms with E-state index in [1.807, 2.05) is 44.0 Å². The molecule has 0 aromatic heterocycles. The summed E-state index contributed by atoms with van der Waals surface area (Å²) in [6.45, 7) is 6.94. The van der Waals surface area contributed by atoms with Gasteiger partial charge < -0.3 is 34.1 Å². The molecule has 1 N–H and O–H groups in total. The van der Waals surface area contributed by atoms with E-state index in [1.54, 1.807) is 48.3 Å². The number of hydrogen-bond donors (Lipinski definition) is 1. The topological polar surface area (TPSA) is 114 Å². The normalized spacial score (nSPS) is 17.5. The predicted molar refractivity (Wildman–Crippen MR) is 226 cm³/mol. The van der Waals surface area contributed by atoms with Crippen LogP contribution in [0.25, 0.3) is 11.1 Å². The first-order valence-electron chi connectivity index (χ1n) is 19.4. The number of anilines is 1. The highest BCUT2D eigenvalue weighted by Gasteiger charge is 2.35. The number of hydrogen-bond acceptors (Lipinski definition) is 9. The molecule has 4 aromatic carbocycles. The number of amides is 2. The molecule has 0 bridgehead atoms. The number of nitrogens with zero attached hydrogens (tertiary/aromatic N) is 4. The molecule has 0 spiro atoms. The van der Waals surface area contributed by atoms with Crippen LogP contribution in [0.1, 0.15) is 76.9 Å². The Kier molecular flexibility index (Phi) is 11.7. The van der Waals surface area contributed by atoms with Gasteiger partial charge in [-0.1, -0.05) is 62.2 Å². The quantitative estimate of drug-likeness (QED) is 0.151. The summed E-state index contributed by atoms with van der Waals surface area (Å²) >= 11 is 0. The Morgan fingerprint density at radius 1 is 0.667 bits per heavy atom. The van der Waals surface area contributed by atoms with Crippen LogP contribution >= 0.6 is 0 Å². The molecule has 0 aliphatic carbocycles. The third-order valence-corrected chi connectivity index (χ3v) is 10.2. The number of rotatable bonds is 11. The van der Waals surface area contributed by atoms with Gasteiger partial charge in [-0.15, -0.1) is 0 Å². The number of aryl methyl sites for hydroxylation is 1. The number of ether oxygens (including phenoxy) is 4. The first-order valence-corrected chi connectivity index (χ1v) is 19.4. The van der Waals surface area contributed by atoms with Crippen LogP contribution in [0, 0.1) is 6.92 Å². The van der Waals surface area contributed by atoms with Crippen LogP contribution in [0.4, 0.5) is 17.1 Å². The standard InChI is InChI=1S/C43H41N5O6.C3H8/c1-26-6-8-27(9-7-26)29-16-32-22-45-36-20-40(38(51-3)18-34(36)42(49)47(32)24-29)53-14-5-15-54-41-21-37-35(19-39(41)52-4)43(50)48-25-30(17-33(48)23-46-37)28-10-12-31(44-2)13-11-28;1-3-2/h6-13,18-25,32-33,44H,5,14-17H2,1-4H3;3H2,1-2H3/t32-,33-;/m0./s1. The second kappa shape index (κ2) is 17.2. The van der Waals surface area contributed by atoms with Gasteiger partial charge in [0, 0.05) is 69.0 Å². The molecule has 11 heteroatoms. The summed E-state index contributed by atoms with van der Waals surface area (Å²) < 4.78 is 23.6. The lowest BCUT2D eigenvalue weighted by molar-refractivity contribution is 0.0809. The lowest BCUT2D eigenvalue weighted by Gasteiger charge is -2.19. The summed E-state index contributed by atoms with van der Waals surface area (Å²) in [6, 6.07) is 23.0.